The maximum absolute atomic E-state index is 10.9. The van der Waals surface area contributed by atoms with E-state index in [1.54, 1.807) is 12.1 Å². The molecule has 0 heterocycles. The number of esters is 3. The van der Waals surface area contributed by atoms with E-state index in [-0.39, 0.29) is 22.8 Å². The fourth-order valence-electron chi connectivity index (χ4n) is 2.19. The Morgan fingerprint density at radius 3 is 1.24 bits per heavy atom. The van der Waals surface area contributed by atoms with Crippen molar-refractivity contribution in [2.45, 2.75) is 0 Å². The summed E-state index contributed by atoms with van der Waals surface area (Å²) in [5.41, 5.74) is 1.06. The van der Waals surface area contributed by atoms with Gasteiger partial charge in [-0.2, -0.15) is 0 Å². The van der Waals surface area contributed by atoms with Crippen LogP contribution in [0.1, 0.15) is 31.1 Å². The maximum atomic E-state index is 10.9. The molecule has 0 fully saturated rings. The number of para-hydroxylation sites is 1. The van der Waals surface area contributed by atoms with Gasteiger partial charge in [-0.3, -0.25) is 0 Å². The molecule has 0 aliphatic heterocycles. The Kier molecular flexibility index (Phi) is 11.0. The molecule has 3 aromatic carbocycles. The van der Waals surface area contributed by atoms with Gasteiger partial charge >= 0.3 is 17.9 Å². The van der Waals surface area contributed by atoms with Gasteiger partial charge in [0.15, 0.2) is 0 Å². The lowest BCUT2D eigenvalue weighted by Gasteiger charge is -1.99. The lowest BCUT2D eigenvalue weighted by atomic mass is 10.2. The number of carbonyl (C=O) groups excluding carboxylic acids is 3. The zero-order chi connectivity index (χ0) is 24.8. The molecule has 9 nitrogen and oxygen atoms in total. The first-order valence-corrected chi connectivity index (χ1v) is 9.34. The van der Waals surface area contributed by atoms with Crippen molar-refractivity contribution in [2.75, 3.05) is 21.3 Å². The zero-order valence-corrected chi connectivity index (χ0v) is 18.2. The minimum atomic E-state index is -0.525. The molecule has 9 heteroatoms. The Labute approximate surface area is 190 Å². The molecule has 0 aliphatic carbocycles. The highest BCUT2D eigenvalue weighted by Crippen LogP contribution is 2.15. The lowest BCUT2D eigenvalue weighted by Crippen LogP contribution is -2.00. The third-order valence-corrected chi connectivity index (χ3v) is 3.89. The van der Waals surface area contributed by atoms with Crippen LogP contribution in [-0.2, 0) is 14.2 Å². The summed E-state index contributed by atoms with van der Waals surface area (Å²) in [7, 11) is 3.90. The van der Waals surface area contributed by atoms with Gasteiger partial charge in [-0.25, -0.2) is 14.4 Å². The predicted octanol–water partition coefficient (Wildman–Crippen LogP) is 3.54. The Bertz CT molecular complexity index is 985. The van der Waals surface area contributed by atoms with E-state index in [2.05, 4.69) is 14.2 Å². The van der Waals surface area contributed by atoms with E-state index in [0.29, 0.717) is 11.1 Å². The highest BCUT2D eigenvalue weighted by atomic mass is 16.5. The maximum Gasteiger partial charge on any atom is 0.341 e. The van der Waals surface area contributed by atoms with Crippen LogP contribution in [-0.4, -0.2) is 54.6 Å². The van der Waals surface area contributed by atoms with Crippen molar-refractivity contribution >= 4 is 17.9 Å². The lowest BCUT2D eigenvalue weighted by molar-refractivity contribution is 0.0589. The first kappa shape index (κ1) is 26.5. The van der Waals surface area contributed by atoms with Crippen molar-refractivity contribution in [1.82, 2.24) is 0 Å². The Hall–Kier alpha value is -4.53. The van der Waals surface area contributed by atoms with Crippen LogP contribution < -0.4 is 0 Å². The second kappa shape index (κ2) is 13.7. The van der Waals surface area contributed by atoms with Gasteiger partial charge in [0.1, 0.15) is 22.8 Å². The number of ether oxygens (including phenoxy) is 3. The second-order valence-corrected chi connectivity index (χ2v) is 6.09. The summed E-state index contributed by atoms with van der Waals surface area (Å²) >= 11 is 0. The topological polar surface area (TPSA) is 140 Å². The first-order chi connectivity index (χ1) is 15.7. The second-order valence-electron chi connectivity index (χ2n) is 6.09. The summed E-state index contributed by atoms with van der Waals surface area (Å²) in [5.74, 6) is -1.10. The van der Waals surface area contributed by atoms with Crippen molar-refractivity contribution in [3.05, 3.63) is 89.5 Å². The monoisotopic (exact) mass is 456 g/mol. The van der Waals surface area contributed by atoms with Gasteiger partial charge in [0, 0.05) is 0 Å². The SMILES string of the molecule is COC(=O)c1ccc(O)cc1.COC(=O)c1ccc(O)cc1.COC(=O)c1ccccc1O. The summed E-state index contributed by atoms with van der Waals surface area (Å²) in [4.78, 5) is 32.5. The molecule has 0 aromatic heterocycles. The minimum Gasteiger partial charge on any atom is -0.508 e. The molecule has 3 rings (SSSR count). The number of aromatic hydroxyl groups is 3. The molecule has 0 amide bonds. The number of hydrogen-bond donors (Lipinski definition) is 3. The average molecular weight is 456 g/mol. The third kappa shape index (κ3) is 9.01. The van der Waals surface area contributed by atoms with Crippen LogP contribution in [0.5, 0.6) is 17.2 Å². The summed E-state index contributed by atoms with van der Waals surface area (Å²) in [6, 6.07) is 18.0. The van der Waals surface area contributed by atoms with Gasteiger partial charge in [-0.05, 0) is 60.7 Å². The van der Waals surface area contributed by atoms with Crippen LogP contribution in [0.4, 0.5) is 0 Å². The van der Waals surface area contributed by atoms with Crippen LogP contribution in [0.3, 0.4) is 0 Å². The van der Waals surface area contributed by atoms with Crippen molar-refractivity contribution in [1.29, 1.82) is 0 Å². The van der Waals surface area contributed by atoms with Gasteiger partial charge in [0.2, 0.25) is 0 Å². The summed E-state index contributed by atoms with van der Waals surface area (Å²) < 4.78 is 13.3. The fourth-order valence-corrected chi connectivity index (χ4v) is 2.19. The Morgan fingerprint density at radius 1 is 0.545 bits per heavy atom. The van der Waals surface area contributed by atoms with E-state index in [1.165, 1.54) is 82.0 Å². The quantitative estimate of drug-likeness (QED) is 0.399. The van der Waals surface area contributed by atoms with Gasteiger partial charge < -0.3 is 29.5 Å². The highest BCUT2D eigenvalue weighted by Gasteiger charge is 2.08. The molecule has 0 saturated heterocycles. The standard InChI is InChI=1S/3C8H8O3/c2*1-11-8(10)6-2-4-7(9)5-3-6;1-11-8(10)6-4-2-3-5-7(6)9/h3*2-5,9H,1H3. The highest BCUT2D eigenvalue weighted by molar-refractivity contribution is 5.92. The third-order valence-electron chi connectivity index (χ3n) is 3.89. The number of methoxy groups -OCH3 is 3. The Morgan fingerprint density at radius 2 is 0.909 bits per heavy atom. The molecule has 3 N–H and O–H groups in total. The number of phenols is 3. The summed E-state index contributed by atoms with van der Waals surface area (Å²) in [6.45, 7) is 0. The Balaban J connectivity index is 0.000000247. The largest absolute Gasteiger partial charge is 0.508 e. The van der Waals surface area contributed by atoms with Crippen LogP contribution in [0.15, 0.2) is 72.8 Å². The van der Waals surface area contributed by atoms with Gasteiger partial charge in [-0.1, -0.05) is 12.1 Å². The summed E-state index contributed by atoms with van der Waals surface area (Å²) in [6.07, 6.45) is 0. The zero-order valence-electron chi connectivity index (χ0n) is 18.2. The number of hydrogen-bond acceptors (Lipinski definition) is 9. The smallest absolute Gasteiger partial charge is 0.341 e. The number of benzene rings is 3. The molecular formula is C24H24O9. The van der Waals surface area contributed by atoms with Crippen molar-refractivity contribution < 1.29 is 43.9 Å². The normalized spacial score (nSPS) is 9.18. The molecule has 0 saturated carbocycles. The molecular weight excluding hydrogens is 432 g/mol. The van der Waals surface area contributed by atoms with E-state index >= 15 is 0 Å². The summed E-state index contributed by atoms with van der Waals surface area (Å²) in [5, 5.41) is 26.8. The van der Waals surface area contributed by atoms with Crippen LogP contribution in [0, 0.1) is 0 Å². The average Bonchev–Trinajstić information content (AvgIpc) is 2.84. The van der Waals surface area contributed by atoms with E-state index in [0.717, 1.165) is 0 Å². The minimum absolute atomic E-state index is 0.0562. The van der Waals surface area contributed by atoms with Crippen LogP contribution >= 0.6 is 0 Å². The molecule has 33 heavy (non-hydrogen) atoms. The van der Waals surface area contributed by atoms with E-state index in [9.17, 15) is 14.4 Å². The molecule has 0 atom stereocenters. The first-order valence-electron chi connectivity index (χ1n) is 9.34. The van der Waals surface area contributed by atoms with E-state index in [4.69, 9.17) is 15.3 Å². The molecule has 0 unspecified atom stereocenters. The number of rotatable bonds is 3. The molecule has 0 bridgehead atoms. The van der Waals surface area contributed by atoms with E-state index < -0.39 is 17.9 Å². The molecule has 174 valence electrons. The number of carbonyl (C=O) groups is 3. The van der Waals surface area contributed by atoms with Crippen molar-refractivity contribution in [3.63, 3.8) is 0 Å². The molecule has 0 spiro atoms. The molecule has 3 aromatic rings. The van der Waals surface area contributed by atoms with Gasteiger partial charge in [-0.15, -0.1) is 0 Å². The van der Waals surface area contributed by atoms with Crippen LogP contribution in [0.25, 0.3) is 0 Å². The molecule has 0 radical (unpaired) electrons. The van der Waals surface area contributed by atoms with Gasteiger partial charge in [0.05, 0.1) is 32.5 Å². The fraction of sp³-hybridized carbons (Fsp3) is 0.125. The van der Waals surface area contributed by atoms with Crippen molar-refractivity contribution in [2.24, 2.45) is 0 Å². The van der Waals surface area contributed by atoms with E-state index in [1.807, 2.05) is 0 Å². The van der Waals surface area contributed by atoms with Gasteiger partial charge in [0.25, 0.3) is 0 Å². The van der Waals surface area contributed by atoms with Crippen molar-refractivity contribution in [3.8, 4) is 17.2 Å². The predicted molar refractivity (Wildman–Crippen MR) is 118 cm³/mol. The number of phenolic OH excluding ortho intramolecular Hbond substituents is 3. The van der Waals surface area contributed by atoms with Crippen LogP contribution in [0.2, 0.25) is 0 Å². The molecule has 0 aliphatic rings.